The first-order valence-corrected chi connectivity index (χ1v) is 9.06. The molecule has 2 N–H and O–H groups in total. The van der Waals surface area contributed by atoms with Crippen LogP contribution < -0.4 is 15.6 Å². The minimum Gasteiger partial charge on any atom is -0.497 e. The first-order chi connectivity index (χ1) is 13.4. The summed E-state index contributed by atoms with van der Waals surface area (Å²) in [5, 5.41) is 2.59. The van der Waals surface area contributed by atoms with Crippen LogP contribution >= 0.6 is 11.8 Å². The van der Waals surface area contributed by atoms with Crippen molar-refractivity contribution in [3.05, 3.63) is 70.5 Å². The van der Waals surface area contributed by atoms with E-state index in [1.54, 1.807) is 31.4 Å². The number of thioether (sulfide) groups is 1. The van der Waals surface area contributed by atoms with Gasteiger partial charge in [-0.1, -0.05) is 11.8 Å². The number of methoxy groups -OCH3 is 1. The van der Waals surface area contributed by atoms with Gasteiger partial charge in [0, 0.05) is 17.7 Å². The molecule has 3 aromatic rings. The van der Waals surface area contributed by atoms with Gasteiger partial charge in [0.2, 0.25) is 5.91 Å². The molecule has 0 aliphatic rings. The van der Waals surface area contributed by atoms with E-state index in [-0.39, 0.29) is 22.2 Å². The number of hydrogen-bond acceptors (Lipinski definition) is 5. The van der Waals surface area contributed by atoms with Crippen molar-refractivity contribution in [3.63, 3.8) is 0 Å². The van der Waals surface area contributed by atoms with Gasteiger partial charge in [0.1, 0.15) is 17.4 Å². The maximum Gasteiger partial charge on any atom is 0.252 e. The minimum absolute atomic E-state index is 0.119. The molecule has 3 rings (SSSR count). The molecule has 0 fully saturated rings. The molecule has 1 heterocycles. The number of halogens is 2. The van der Waals surface area contributed by atoms with Gasteiger partial charge in [-0.25, -0.2) is 13.8 Å². The van der Waals surface area contributed by atoms with Gasteiger partial charge in [-0.2, -0.15) is 0 Å². The van der Waals surface area contributed by atoms with Gasteiger partial charge in [0.25, 0.3) is 5.56 Å². The number of amides is 1. The molecule has 6 nitrogen and oxygen atoms in total. The molecule has 0 saturated carbocycles. The Kier molecular flexibility index (Phi) is 6.05. The van der Waals surface area contributed by atoms with Gasteiger partial charge in [-0.3, -0.25) is 9.59 Å². The molecule has 0 aliphatic heterocycles. The van der Waals surface area contributed by atoms with E-state index in [0.717, 1.165) is 23.9 Å². The van der Waals surface area contributed by atoms with Crippen molar-refractivity contribution in [1.29, 1.82) is 0 Å². The van der Waals surface area contributed by atoms with Crippen LogP contribution in [0.2, 0.25) is 0 Å². The summed E-state index contributed by atoms with van der Waals surface area (Å²) < 4.78 is 31.6. The Hall–Kier alpha value is -3.20. The molecule has 2 aromatic carbocycles. The van der Waals surface area contributed by atoms with E-state index in [9.17, 15) is 18.4 Å². The fourth-order valence-electron chi connectivity index (χ4n) is 2.32. The lowest BCUT2D eigenvalue weighted by molar-refractivity contribution is -0.113. The third kappa shape index (κ3) is 4.95. The van der Waals surface area contributed by atoms with Crippen LogP contribution in [0.5, 0.6) is 5.75 Å². The summed E-state index contributed by atoms with van der Waals surface area (Å²) in [6.07, 6.45) is 0. The molecule has 9 heteroatoms. The molecule has 0 aliphatic carbocycles. The van der Waals surface area contributed by atoms with Gasteiger partial charge in [-0.05, 0) is 36.4 Å². The standard InChI is InChI=1S/C19H15F2N3O3S/c1-27-13-5-2-11(3-6-13)16-9-17(25)24-19(23-16)28-10-18(26)22-15-7-4-12(20)8-14(15)21/h2-9H,10H2,1H3,(H,22,26)(H,23,24,25). The number of H-pyrrole nitrogens is 1. The summed E-state index contributed by atoms with van der Waals surface area (Å²) in [5.74, 6) is -1.57. The van der Waals surface area contributed by atoms with Crippen molar-refractivity contribution in [2.24, 2.45) is 0 Å². The third-order valence-corrected chi connectivity index (χ3v) is 4.52. The molecule has 1 amide bonds. The Labute approximate surface area is 163 Å². The summed E-state index contributed by atoms with van der Waals surface area (Å²) in [5.41, 5.74) is 0.666. The molecular weight excluding hydrogens is 388 g/mol. The summed E-state index contributed by atoms with van der Waals surface area (Å²) >= 11 is 0.988. The van der Waals surface area contributed by atoms with Crippen molar-refractivity contribution in [3.8, 4) is 17.0 Å². The SMILES string of the molecule is COc1ccc(-c2cc(=O)[nH]c(SCC(=O)Nc3ccc(F)cc3F)n2)cc1. The smallest absolute Gasteiger partial charge is 0.252 e. The molecule has 0 saturated heterocycles. The monoisotopic (exact) mass is 403 g/mol. The number of aromatic nitrogens is 2. The van der Waals surface area contributed by atoms with E-state index in [4.69, 9.17) is 4.74 Å². The maximum absolute atomic E-state index is 13.6. The zero-order chi connectivity index (χ0) is 20.1. The number of anilines is 1. The van der Waals surface area contributed by atoms with Crippen LogP contribution in [0.3, 0.4) is 0 Å². The number of benzene rings is 2. The minimum atomic E-state index is -0.869. The van der Waals surface area contributed by atoms with Crippen molar-refractivity contribution < 1.29 is 18.3 Å². The summed E-state index contributed by atoms with van der Waals surface area (Å²) in [6, 6.07) is 11.2. The number of rotatable bonds is 6. The summed E-state index contributed by atoms with van der Waals surface area (Å²) in [4.78, 5) is 30.8. The van der Waals surface area contributed by atoms with E-state index in [1.807, 2.05) is 0 Å². The molecule has 0 spiro atoms. The lowest BCUT2D eigenvalue weighted by atomic mass is 10.1. The van der Waals surface area contributed by atoms with Crippen LogP contribution in [-0.4, -0.2) is 28.7 Å². The fraction of sp³-hybridized carbons (Fsp3) is 0.105. The van der Waals surface area contributed by atoms with Crippen LogP contribution in [0.25, 0.3) is 11.3 Å². The normalized spacial score (nSPS) is 10.5. The largest absolute Gasteiger partial charge is 0.497 e. The first kappa shape index (κ1) is 19.6. The first-order valence-electron chi connectivity index (χ1n) is 8.08. The van der Waals surface area contributed by atoms with Gasteiger partial charge in [0.15, 0.2) is 5.16 Å². The molecule has 0 bridgehead atoms. The number of carbonyl (C=O) groups excluding carboxylic acids is 1. The highest BCUT2D eigenvalue weighted by Crippen LogP contribution is 2.22. The van der Waals surface area contributed by atoms with Crippen molar-refractivity contribution in [2.75, 3.05) is 18.2 Å². The molecule has 0 radical (unpaired) electrons. The maximum atomic E-state index is 13.6. The zero-order valence-corrected chi connectivity index (χ0v) is 15.5. The number of nitrogens with one attached hydrogen (secondary N) is 2. The van der Waals surface area contributed by atoms with Crippen molar-refractivity contribution >= 4 is 23.4 Å². The summed E-state index contributed by atoms with van der Waals surface area (Å²) in [6.45, 7) is 0. The molecule has 1 aromatic heterocycles. The third-order valence-electron chi connectivity index (χ3n) is 3.65. The second-order valence-corrected chi connectivity index (χ2v) is 6.59. The Morgan fingerprint density at radius 1 is 1.18 bits per heavy atom. The Morgan fingerprint density at radius 3 is 2.61 bits per heavy atom. The lowest BCUT2D eigenvalue weighted by Crippen LogP contribution is -2.16. The molecule has 0 atom stereocenters. The Morgan fingerprint density at radius 2 is 1.93 bits per heavy atom. The lowest BCUT2D eigenvalue weighted by Gasteiger charge is -2.07. The van der Waals surface area contributed by atoms with Gasteiger partial charge in [-0.15, -0.1) is 0 Å². The van der Waals surface area contributed by atoms with E-state index >= 15 is 0 Å². The Balaban J connectivity index is 1.69. The van der Waals surface area contributed by atoms with Gasteiger partial charge in [0.05, 0.1) is 24.2 Å². The fourth-order valence-corrected chi connectivity index (χ4v) is 3.00. The number of aromatic amines is 1. The quantitative estimate of drug-likeness (QED) is 0.487. The summed E-state index contributed by atoms with van der Waals surface area (Å²) in [7, 11) is 1.55. The number of hydrogen-bond donors (Lipinski definition) is 2. The van der Waals surface area contributed by atoms with Crippen LogP contribution in [0.4, 0.5) is 14.5 Å². The number of nitrogens with zero attached hydrogens (tertiary/aromatic N) is 1. The van der Waals surface area contributed by atoms with Crippen LogP contribution in [0, 0.1) is 11.6 Å². The van der Waals surface area contributed by atoms with E-state index in [0.29, 0.717) is 23.1 Å². The average molecular weight is 403 g/mol. The predicted molar refractivity (Wildman–Crippen MR) is 103 cm³/mol. The highest BCUT2D eigenvalue weighted by Gasteiger charge is 2.11. The highest BCUT2D eigenvalue weighted by atomic mass is 32.2. The van der Waals surface area contributed by atoms with Crippen molar-refractivity contribution in [2.45, 2.75) is 5.16 Å². The molecular formula is C19H15F2N3O3S. The number of carbonyl (C=O) groups is 1. The Bertz CT molecular complexity index is 1060. The second-order valence-electron chi connectivity index (χ2n) is 5.63. The van der Waals surface area contributed by atoms with Crippen LogP contribution in [-0.2, 0) is 4.79 Å². The number of ether oxygens (including phenoxy) is 1. The zero-order valence-electron chi connectivity index (χ0n) is 14.7. The second kappa shape index (κ2) is 8.66. The topological polar surface area (TPSA) is 84.1 Å². The highest BCUT2D eigenvalue weighted by molar-refractivity contribution is 7.99. The van der Waals surface area contributed by atoms with Crippen LogP contribution in [0.15, 0.2) is 58.5 Å². The predicted octanol–water partition coefficient (Wildman–Crippen LogP) is 3.45. The average Bonchev–Trinajstić information content (AvgIpc) is 2.68. The molecule has 144 valence electrons. The molecule has 0 unspecified atom stereocenters. The van der Waals surface area contributed by atoms with Gasteiger partial charge < -0.3 is 15.0 Å². The molecule has 28 heavy (non-hydrogen) atoms. The van der Waals surface area contributed by atoms with E-state index in [1.165, 1.54) is 6.07 Å². The van der Waals surface area contributed by atoms with E-state index in [2.05, 4.69) is 15.3 Å². The van der Waals surface area contributed by atoms with Crippen LogP contribution in [0.1, 0.15) is 0 Å². The van der Waals surface area contributed by atoms with E-state index < -0.39 is 17.5 Å². The van der Waals surface area contributed by atoms with Crippen molar-refractivity contribution in [1.82, 2.24) is 9.97 Å². The van der Waals surface area contributed by atoms with Gasteiger partial charge >= 0.3 is 0 Å².